The number of carbonyl (C=O) groups excluding carboxylic acids is 2. The van der Waals surface area contributed by atoms with Gasteiger partial charge in [0.25, 0.3) is 5.91 Å². The molecule has 3 aromatic heterocycles. The van der Waals surface area contributed by atoms with Crippen molar-refractivity contribution in [1.82, 2.24) is 15.0 Å². The zero-order chi connectivity index (χ0) is 27.9. The van der Waals surface area contributed by atoms with E-state index in [2.05, 4.69) is 20.3 Å². The van der Waals surface area contributed by atoms with Crippen LogP contribution in [0.5, 0.6) is 0 Å². The van der Waals surface area contributed by atoms with Crippen molar-refractivity contribution in [3.63, 3.8) is 0 Å². The number of rotatable bonds is 7. The Bertz CT molecular complexity index is 1510. The van der Waals surface area contributed by atoms with Gasteiger partial charge in [-0.1, -0.05) is 18.2 Å². The Hall–Kier alpha value is -3.78. The molecule has 4 aromatic rings. The van der Waals surface area contributed by atoms with Crippen molar-refractivity contribution in [2.45, 2.75) is 70.6 Å². The average molecular weight is 531 g/mol. The van der Waals surface area contributed by atoms with Crippen LogP contribution in [0.4, 0.5) is 10.2 Å². The number of benzene rings is 1. The van der Waals surface area contributed by atoms with Gasteiger partial charge in [-0.25, -0.2) is 9.37 Å². The van der Waals surface area contributed by atoms with E-state index < -0.39 is 17.2 Å². The smallest absolute Gasteiger partial charge is 0.275 e. The molecule has 0 spiro atoms. The normalized spacial score (nSPS) is 18.3. The van der Waals surface area contributed by atoms with Crippen LogP contribution in [0.2, 0.25) is 0 Å². The van der Waals surface area contributed by atoms with Gasteiger partial charge in [-0.15, -0.1) is 0 Å². The fraction of sp³-hybridized carbons (Fsp3) is 0.387. The lowest BCUT2D eigenvalue weighted by atomic mass is 9.80. The van der Waals surface area contributed by atoms with E-state index >= 15 is 0 Å². The zero-order valence-corrected chi connectivity index (χ0v) is 22.8. The number of hydrogen-bond donors (Lipinski definition) is 4. The highest BCUT2D eigenvalue weighted by Crippen LogP contribution is 2.43. The molecule has 0 radical (unpaired) electrons. The van der Waals surface area contributed by atoms with Gasteiger partial charge in [-0.3, -0.25) is 4.79 Å². The number of aromatic amines is 2. The molecule has 1 aliphatic carbocycles. The van der Waals surface area contributed by atoms with Gasteiger partial charge in [0.2, 0.25) is 0 Å². The monoisotopic (exact) mass is 530 g/mol. The number of carbonyl (C=O) groups is 2. The van der Waals surface area contributed by atoms with Gasteiger partial charge in [-0.05, 0) is 95.2 Å². The minimum Gasteiger partial charge on any atom is -0.386 e. The van der Waals surface area contributed by atoms with Crippen LogP contribution < -0.4 is 5.32 Å². The van der Waals surface area contributed by atoms with Crippen LogP contribution >= 0.6 is 0 Å². The Morgan fingerprint density at radius 3 is 2.46 bits per heavy atom. The maximum Gasteiger partial charge on any atom is 0.275 e. The van der Waals surface area contributed by atoms with Crippen molar-refractivity contribution in [3.05, 3.63) is 71.2 Å². The zero-order valence-electron chi connectivity index (χ0n) is 22.8. The van der Waals surface area contributed by atoms with Crippen LogP contribution in [0, 0.1) is 5.92 Å². The highest BCUT2D eigenvalue weighted by Gasteiger charge is 2.28. The van der Waals surface area contributed by atoms with Crippen LogP contribution in [-0.4, -0.2) is 32.3 Å². The number of aromatic nitrogens is 3. The summed E-state index contributed by atoms with van der Waals surface area (Å²) in [5.74, 6) is 0.431. The van der Waals surface area contributed by atoms with E-state index in [4.69, 9.17) is 0 Å². The van der Waals surface area contributed by atoms with Crippen LogP contribution in [0.1, 0.15) is 86.7 Å². The Morgan fingerprint density at radius 1 is 1.05 bits per heavy atom. The summed E-state index contributed by atoms with van der Waals surface area (Å²) in [6, 6.07) is 14.4. The molecule has 3 heterocycles. The highest BCUT2D eigenvalue weighted by atomic mass is 19.1. The minimum atomic E-state index is -1.66. The summed E-state index contributed by atoms with van der Waals surface area (Å²) in [6.07, 6.45) is 4.58. The SMILES string of the molecule is CC(C)(O)c1ccc2c(-c3ccc(NC(=O)c4cccc(C(C)(C)F)n4)[nH]3)c(C3CCC(C=O)CC3)[nH]c2c1. The first kappa shape index (κ1) is 26.8. The van der Waals surface area contributed by atoms with Gasteiger partial charge in [0.05, 0.1) is 11.3 Å². The predicted molar refractivity (Wildman–Crippen MR) is 150 cm³/mol. The Labute approximate surface area is 227 Å². The number of pyridine rings is 1. The number of aliphatic hydroxyl groups is 1. The molecular weight excluding hydrogens is 495 g/mol. The molecule has 1 saturated carbocycles. The van der Waals surface area contributed by atoms with E-state index in [9.17, 15) is 19.1 Å². The van der Waals surface area contributed by atoms with Gasteiger partial charge in [-0.2, -0.15) is 0 Å². The lowest BCUT2D eigenvalue weighted by Crippen LogP contribution is -2.18. The van der Waals surface area contributed by atoms with Crippen molar-refractivity contribution in [2.24, 2.45) is 5.92 Å². The lowest BCUT2D eigenvalue weighted by Gasteiger charge is -2.25. The Balaban J connectivity index is 1.49. The lowest BCUT2D eigenvalue weighted by molar-refractivity contribution is -0.111. The molecule has 8 heteroatoms. The largest absolute Gasteiger partial charge is 0.386 e. The van der Waals surface area contributed by atoms with Gasteiger partial charge < -0.3 is 25.2 Å². The van der Waals surface area contributed by atoms with Crippen molar-refractivity contribution >= 4 is 28.9 Å². The average Bonchev–Trinajstić information content (AvgIpc) is 3.51. The number of amides is 1. The number of alkyl halides is 1. The molecule has 7 nitrogen and oxygen atoms in total. The van der Waals surface area contributed by atoms with Crippen LogP contribution in [-0.2, 0) is 16.1 Å². The molecule has 0 aliphatic heterocycles. The fourth-order valence-corrected chi connectivity index (χ4v) is 5.43. The quantitative estimate of drug-likeness (QED) is 0.199. The van der Waals surface area contributed by atoms with Gasteiger partial charge in [0.15, 0.2) is 0 Å². The number of anilines is 1. The van der Waals surface area contributed by atoms with E-state index in [0.717, 1.165) is 65.4 Å². The first-order valence-corrected chi connectivity index (χ1v) is 13.4. The number of nitrogens with one attached hydrogen (secondary N) is 3. The Morgan fingerprint density at radius 2 is 1.79 bits per heavy atom. The molecule has 1 fully saturated rings. The molecule has 0 atom stereocenters. The summed E-state index contributed by atoms with van der Waals surface area (Å²) in [6.45, 7) is 6.34. The molecular formula is C31H35FN4O3. The third-order valence-corrected chi connectivity index (χ3v) is 7.70. The van der Waals surface area contributed by atoms with Gasteiger partial charge in [0, 0.05) is 33.8 Å². The van der Waals surface area contributed by atoms with Crippen molar-refractivity contribution in [3.8, 4) is 11.3 Å². The highest BCUT2D eigenvalue weighted by molar-refractivity contribution is 6.03. The minimum absolute atomic E-state index is 0.109. The molecule has 1 aromatic carbocycles. The molecule has 1 amide bonds. The standard InChI is InChI=1S/C31H35FN4O3/c1-30(2,32)25-7-5-6-23(33-25)29(38)36-26-15-14-22(34-26)27-21-13-12-20(31(3,4)39)16-24(21)35-28(27)19-10-8-18(17-37)9-11-19/h5-7,12-19,34-35,39H,8-11H2,1-4H3,(H,36,38). The number of fused-ring (bicyclic) bond motifs is 1. The van der Waals surface area contributed by atoms with E-state index in [0.29, 0.717) is 5.82 Å². The first-order valence-electron chi connectivity index (χ1n) is 13.4. The second-order valence-corrected chi connectivity index (χ2v) is 11.6. The number of nitrogens with zero attached hydrogens (tertiary/aromatic N) is 1. The predicted octanol–water partition coefficient (Wildman–Crippen LogP) is 6.72. The molecule has 0 bridgehead atoms. The summed E-state index contributed by atoms with van der Waals surface area (Å²) < 4.78 is 14.4. The summed E-state index contributed by atoms with van der Waals surface area (Å²) in [4.78, 5) is 35.4. The van der Waals surface area contributed by atoms with Crippen molar-refractivity contribution in [2.75, 3.05) is 5.32 Å². The van der Waals surface area contributed by atoms with Crippen LogP contribution in [0.25, 0.3) is 22.2 Å². The molecule has 4 N–H and O–H groups in total. The van der Waals surface area contributed by atoms with Crippen LogP contribution in [0.3, 0.4) is 0 Å². The molecule has 1 aliphatic rings. The third kappa shape index (κ3) is 5.52. The Kier molecular flexibility index (Phi) is 6.93. The van der Waals surface area contributed by atoms with E-state index in [1.54, 1.807) is 38.1 Å². The molecule has 39 heavy (non-hydrogen) atoms. The molecule has 0 saturated heterocycles. The topological polar surface area (TPSA) is 111 Å². The molecule has 204 valence electrons. The van der Waals surface area contributed by atoms with E-state index in [-0.39, 0.29) is 23.2 Å². The second kappa shape index (κ2) is 10.1. The van der Waals surface area contributed by atoms with Crippen LogP contribution in [0.15, 0.2) is 48.5 Å². The molecule has 5 rings (SSSR count). The summed E-state index contributed by atoms with van der Waals surface area (Å²) >= 11 is 0. The number of halogens is 1. The summed E-state index contributed by atoms with van der Waals surface area (Å²) in [5.41, 5.74) is 2.37. The summed E-state index contributed by atoms with van der Waals surface area (Å²) in [7, 11) is 0. The van der Waals surface area contributed by atoms with Gasteiger partial charge >= 0.3 is 0 Å². The van der Waals surface area contributed by atoms with E-state index in [1.807, 2.05) is 24.3 Å². The number of hydrogen-bond acceptors (Lipinski definition) is 4. The fourth-order valence-electron chi connectivity index (χ4n) is 5.43. The second-order valence-electron chi connectivity index (χ2n) is 11.6. The molecule has 0 unspecified atom stereocenters. The van der Waals surface area contributed by atoms with E-state index in [1.165, 1.54) is 13.8 Å². The maximum absolute atomic E-state index is 14.4. The summed E-state index contributed by atoms with van der Waals surface area (Å²) in [5, 5.41) is 14.4. The van der Waals surface area contributed by atoms with Gasteiger partial charge in [0.1, 0.15) is 23.5 Å². The maximum atomic E-state index is 14.4. The van der Waals surface area contributed by atoms with Crippen molar-refractivity contribution < 1.29 is 19.1 Å². The number of aldehydes is 1. The number of H-pyrrole nitrogens is 2. The third-order valence-electron chi connectivity index (χ3n) is 7.70. The first-order chi connectivity index (χ1) is 18.4. The van der Waals surface area contributed by atoms with Crippen molar-refractivity contribution in [1.29, 1.82) is 0 Å².